The van der Waals surface area contributed by atoms with Gasteiger partial charge >= 0.3 is 0 Å². The standard InChI is InChI=1S/C31H48N6O3/c1-20(2)26-16-7-21(3)17-27(26)40-19-28(38)37(25-14-12-24(13-15-25)31(4,5)6)18-22-8-10-23(11-9-22)29(39)32-30-33-35-36-34-30/h8-11,20-21,24-27H,7,12-19H2,1-6H3,(H2,32,33,34,35,36,39)/t21-,24?,25?,26+,27-/m1/s1. The van der Waals surface area contributed by atoms with Crippen molar-refractivity contribution >= 4 is 17.8 Å². The van der Waals surface area contributed by atoms with E-state index in [1.165, 1.54) is 12.8 Å². The lowest BCUT2D eigenvalue weighted by Crippen LogP contribution is -2.45. The lowest BCUT2D eigenvalue weighted by atomic mass is 9.71. The third-order valence-electron chi connectivity index (χ3n) is 9.20. The van der Waals surface area contributed by atoms with Crippen LogP contribution in [0, 0.1) is 29.1 Å². The molecule has 1 heterocycles. The minimum atomic E-state index is -0.309. The smallest absolute Gasteiger partial charge is 0.270 e. The molecule has 2 fully saturated rings. The number of hydrogen-bond acceptors (Lipinski definition) is 6. The van der Waals surface area contributed by atoms with E-state index in [1.807, 2.05) is 17.0 Å². The number of tetrazole rings is 1. The van der Waals surface area contributed by atoms with Gasteiger partial charge in [0.2, 0.25) is 5.91 Å². The van der Waals surface area contributed by atoms with E-state index in [-0.39, 0.29) is 41.9 Å². The fraction of sp³-hybridized carbons (Fsp3) is 0.710. The number of anilines is 1. The van der Waals surface area contributed by atoms with E-state index in [9.17, 15) is 9.59 Å². The molecule has 2 saturated carbocycles. The zero-order chi connectivity index (χ0) is 28.9. The van der Waals surface area contributed by atoms with Gasteiger partial charge in [-0.15, -0.1) is 5.10 Å². The average molecular weight is 553 g/mol. The summed E-state index contributed by atoms with van der Waals surface area (Å²) in [6.07, 6.45) is 7.85. The van der Waals surface area contributed by atoms with Crippen LogP contribution in [-0.2, 0) is 16.1 Å². The van der Waals surface area contributed by atoms with Crippen LogP contribution < -0.4 is 5.32 Å². The first kappa shape index (κ1) is 30.2. The molecule has 40 heavy (non-hydrogen) atoms. The highest BCUT2D eigenvalue weighted by atomic mass is 16.5. The second-order valence-electron chi connectivity index (χ2n) is 13.5. The summed E-state index contributed by atoms with van der Waals surface area (Å²) in [5.74, 6) is 2.25. The zero-order valence-corrected chi connectivity index (χ0v) is 25.2. The van der Waals surface area contributed by atoms with Gasteiger partial charge in [0.05, 0.1) is 6.10 Å². The van der Waals surface area contributed by atoms with Gasteiger partial charge in [-0.25, -0.2) is 0 Å². The van der Waals surface area contributed by atoms with Crippen molar-refractivity contribution < 1.29 is 14.3 Å². The summed E-state index contributed by atoms with van der Waals surface area (Å²) in [6.45, 7) is 14.4. The number of aromatic nitrogens is 4. The number of nitrogens with zero attached hydrogens (tertiary/aromatic N) is 4. The molecule has 9 heteroatoms. The topological polar surface area (TPSA) is 113 Å². The molecule has 3 atom stereocenters. The molecule has 0 saturated heterocycles. The normalized spacial score (nSPS) is 25.5. The van der Waals surface area contributed by atoms with Crippen LogP contribution in [0.5, 0.6) is 0 Å². The number of ether oxygens (including phenoxy) is 1. The molecule has 0 bridgehead atoms. The fourth-order valence-corrected chi connectivity index (χ4v) is 6.59. The Bertz CT molecular complexity index is 1090. The summed E-state index contributed by atoms with van der Waals surface area (Å²) in [5, 5.41) is 15.9. The number of carbonyl (C=O) groups excluding carboxylic acids is 2. The molecule has 0 spiro atoms. The van der Waals surface area contributed by atoms with Crippen molar-refractivity contribution in [1.82, 2.24) is 25.5 Å². The van der Waals surface area contributed by atoms with Crippen molar-refractivity contribution in [2.24, 2.45) is 29.1 Å². The SMILES string of the molecule is CC(C)[C@@H]1CC[C@@H](C)C[C@H]1OCC(=O)N(Cc1ccc(C(=O)Nc2nn[nH]n2)cc1)C1CCC(C(C)(C)C)CC1. The Morgan fingerprint density at radius 2 is 1.77 bits per heavy atom. The van der Waals surface area contributed by atoms with Crippen molar-refractivity contribution in [3.8, 4) is 0 Å². The quantitative estimate of drug-likeness (QED) is 0.403. The van der Waals surface area contributed by atoms with E-state index < -0.39 is 0 Å². The van der Waals surface area contributed by atoms with Gasteiger partial charge in [0.15, 0.2) is 0 Å². The van der Waals surface area contributed by atoms with Gasteiger partial charge in [0, 0.05) is 18.2 Å². The summed E-state index contributed by atoms with van der Waals surface area (Å²) in [4.78, 5) is 28.4. The molecular weight excluding hydrogens is 504 g/mol. The molecule has 1 aromatic heterocycles. The molecule has 2 N–H and O–H groups in total. The van der Waals surface area contributed by atoms with Gasteiger partial charge in [-0.3, -0.25) is 14.9 Å². The number of H-pyrrole nitrogens is 1. The Hall–Kier alpha value is -2.81. The van der Waals surface area contributed by atoms with Crippen LogP contribution in [0.3, 0.4) is 0 Å². The molecule has 2 amide bonds. The van der Waals surface area contributed by atoms with Crippen molar-refractivity contribution in [3.63, 3.8) is 0 Å². The number of aromatic amines is 1. The number of carbonyl (C=O) groups is 2. The van der Waals surface area contributed by atoms with Crippen LogP contribution in [0.1, 0.15) is 102 Å². The Morgan fingerprint density at radius 1 is 1.07 bits per heavy atom. The second-order valence-corrected chi connectivity index (χ2v) is 13.5. The minimum absolute atomic E-state index is 0.0684. The van der Waals surface area contributed by atoms with Gasteiger partial charge in [-0.2, -0.15) is 5.21 Å². The first-order chi connectivity index (χ1) is 19.0. The molecule has 2 aliphatic rings. The predicted molar refractivity (Wildman–Crippen MR) is 155 cm³/mol. The number of amides is 2. The summed E-state index contributed by atoms with van der Waals surface area (Å²) < 4.78 is 6.41. The second kappa shape index (κ2) is 13.2. The first-order valence-corrected chi connectivity index (χ1v) is 15.1. The zero-order valence-electron chi connectivity index (χ0n) is 25.2. The highest BCUT2D eigenvalue weighted by Crippen LogP contribution is 2.40. The van der Waals surface area contributed by atoms with Crippen molar-refractivity contribution in [3.05, 3.63) is 35.4 Å². The third kappa shape index (κ3) is 7.89. The van der Waals surface area contributed by atoms with Gasteiger partial charge in [0.25, 0.3) is 11.9 Å². The van der Waals surface area contributed by atoms with E-state index >= 15 is 0 Å². The maximum Gasteiger partial charge on any atom is 0.270 e. The molecule has 4 rings (SSSR count). The van der Waals surface area contributed by atoms with Crippen LogP contribution in [-0.4, -0.2) is 56.1 Å². The summed E-state index contributed by atoms with van der Waals surface area (Å²) >= 11 is 0. The Kier molecular flexibility index (Phi) is 9.98. The molecule has 1 aromatic carbocycles. The molecule has 0 aliphatic heterocycles. The van der Waals surface area contributed by atoms with Gasteiger partial charge in [0.1, 0.15) is 6.61 Å². The molecule has 220 valence electrons. The van der Waals surface area contributed by atoms with Crippen LogP contribution >= 0.6 is 0 Å². The Morgan fingerprint density at radius 3 is 2.38 bits per heavy atom. The number of rotatable bonds is 9. The van der Waals surface area contributed by atoms with Crippen molar-refractivity contribution in [2.45, 2.75) is 105 Å². The van der Waals surface area contributed by atoms with Crippen LogP contribution in [0.15, 0.2) is 24.3 Å². The molecule has 2 aliphatic carbocycles. The molecule has 9 nitrogen and oxygen atoms in total. The summed E-state index contributed by atoms with van der Waals surface area (Å²) in [7, 11) is 0. The van der Waals surface area contributed by atoms with E-state index in [2.05, 4.69) is 67.5 Å². The number of benzene rings is 1. The van der Waals surface area contributed by atoms with Crippen molar-refractivity contribution in [2.75, 3.05) is 11.9 Å². The highest BCUT2D eigenvalue weighted by molar-refractivity contribution is 6.03. The van der Waals surface area contributed by atoms with E-state index in [4.69, 9.17) is 4.74 Å². The Balaban J connectivity index is 1.44. The van der Waals surface area contributed by atoms with E-state index in [0.29, 0.717) is 35.8 Å². The van der Waals surface area contributed by atoms with Gasteiger partial charge < -0.3 is 9.64 Å². The largest absolute Gasteiger partial charge is 0.368 e. The summed E-state index contributed by atoms with van der Waals surface area (Å²) in [6, 6.07) is 7.59. The average Bonchev–Trinajstić information content (AvgIpc) is 3.43. The monoisotopic (exact) mass is 552 g/mol. The van der Waals surface area contributed by atoms with Crippen molar-refractivity contribution in [1.29, 1.82) is 0 Å². The van der Waals surface area contributed by atoms with E-state index in [1.54, 1.807) is 12.1 Å². The minimum Gasteiger partial charge on any atom is -0.368 e. The van der Waals surface area contributed by atoms with Gasteiger partial charge in [-0.1, -0.05) is 65.2 Å². The number of hydrogen-bond donors (Lipinski definition) is 2. The van der Waals surface area contributed by atoms with Crippen LogP contribution in [0.2, 0.25) is 0 Å². The van der Waals surface area contributed by atoms with Crippen LogP contribution in [0.4, 0.5) is 5.95 Å². The molecule has 0 unspecified atom stereocenters. The molecule has 2 aromatic rings. The highest BCUT2D eigenvalue weighted by Gasteiger charge is 2.35. The fourth-order valence-electron chi connectivity index (χ4n) is 6.59. The van der Waals surface area contributed by atoms with E-state index in [0.717, 1.165) is 37.7 Å². The maximum absolute atomic E-state index is 13.8. The number of nitrogens with one attached hydrogen (secondary N) is 2. The summed E-state index contributed by atoms with van der Waals surface area (Å²) in [5.41, 5.74) is 1.77. The van der Waals surface area contributed by atoms with Gasteiger partial charge in [-0.05, 0) is 90.5 Å². The lowest BCUT2D eigenvalue weighted by molar-refractivity contribution is -0.145. The Labute approximate surface area is 239 Å². The maximum atomic E-state index is 13.8. The lowest BCUT2D eigenvalue weighted by Gasteiger charge is -2.42. The molecule has 0 radical (unpaired) electrons. The third-order valence-corrected chi connectivity index (χ3v) is 9.20. The van der Waals surface area contributed by atoms with Crippen LogP contribution in [0.25, 0.3) is 0 Å². The molecular formula is C31H48N6O3. The predicted octanol–water partition coefficient (Wildman–Crippen LogP) is 5.86. The first-order valence-electron chi connectivity index (χ1n) is 15.1.